The molecule has 6 heteroatoms. The third-order valence-corrected chi connectivity index (χ3v) is 1.92. The summed E-state index contributed by atoms with van der Waals surface area (Å²) in [6.45, 7) is 2.72. The summed E-state index contributed by atoms with van der Waals surface area (Å²) in [7, 11) is 1.35. The summed E-state index contributed by atoms with van der Waals surface area (Å²) in [6, 6.07) is 3.36. The number of hydrogen-bond acceptors (Lipinski definition) is 6. The number of ether oxygens (including phenoxy) is 1. The normalized spacial score (nSPS) is 9.73. The zero-order chi connectivity index (χ0) is 11.3. The SMILES string of the molecule is CCN(CC(=O)OC)c1ccc(N)nn1. The van der Waals surface area contributed by atoms with Gasteiger partial charge in [-0.05, 0) is 19.1 Å². The summed E-state index contributed by atoms with van der Waals surface area (Å²) in [5.41, 5.74) is 5.41. The average Bonchev–Trinajstić information content (AvgIpc) is 2.27. The predicted molar refractivity (Wildman–Crippen MR) is 56.3 cm³/mol. The van der Waals surface area contributed by atoms with Crippen LogP contribution in [0.25, 0.3) is 0 Å². The average molecular weight is 210 g/mol. The number of hydrogen-bond donors (Lipinski definition) is 1. The van der Waals surface area contributed by atoms with Crippen molar-refractivity contribution < 1.29 is 9.53 Å². The zero-order valence-corrected chi connectivity index (χ0v) is 8.80. The number of nitrogen functional groups attached to an aromatic ring is 1. The molecule has 0 amide bonds. The lowest BCUT2D eigenvalue weighted by Crippen LogP contribution is -2.31. The van der Waals surface area contributed by atoms with Crippen LogP contribution in [0.15, 0.2) is 12.1 Å². The van der Waals surface area contributed by atoms with Gasteiger partial charge in [-0.25, -0.2) is 0 Å². The molecule has 0 aromatic carbocycles. The number of nitrogens with zero attached hydrogens (tertiary/aromatic N) is 3. The number of carbonyl (C=O) groups excluding carboxylic acids is 1. The van der Waals surface area contributed by atoms with Crippen molar-refractivity contribution in [3.8, 4) is 0 Å². The van der Waals surface area contributed by atoms with Gasteiger partial charge in [0, 0.05) is 6.54 Å². The Balaban J connectivity index is 2.74. The van der Waals surface area contributed by atoms with E-state index in [-0.39, 0.29) is 12.5 Å². The Morgan fingerprint density at radius 2 is 2.27 bits per heavy atom. The number of esters is 1. The molecule has 0 aliphatic carbocycles. The van der Waals surface area contributed by atoms with Crippen molar-refractivity contribution >= 4 is 17.6 Å². The Hall–Kier alpha value is -1.85. The first kappa shape index (κ1) is 11.2. The summed E-state index contributed by atoms with van der Waals surface area (Å²) < 4.78 is 4.57. The number of aromatic nitrogens is 2. The molecule has 1 aromatic rings. The van der Waals surface area contributed by atoms with Crippen molar-refractivity contribution in [2.45, 2.75) is 6.92 Å². The van der Waals surface area contributed by atoms with Crippen LogP contribution in [0.5, 0.6) is 0 Å². The van der Waals surface area contributed by atoms with Crippen LogP contribution in [0.2, 0.25) is 0 Å². The minimum absolute atomic E-state index is 0.158. The number of likely N-dealkylation sites (N-methyl/N-ethyl adjacent to an activating group) is 1. The highest BCUT2D eigenvalue weighted by molar-refractivity contribution is 5.75. The first-order chi connectivity index (χ1) is 7.17. The molecule has 0 aliphatic heterocycles. The van der Waals surface area contributed by atoms with Crippen molar-refractivity contribution in [2.24, 2.45) is 0 Å². The molecule has 6 nitrogen and oxygen atoms in total. The molecule has 1 aromatic heterocycles. The summed E-state index contributed by atoms with van der Waals surface area (Å²) in [5, 5.41) is 7.60. The number of methoxy groups -OCH3 is 1. The van der Waals surface area contributed by atoms with Gasteiger partial charge in [0.1, 0.15) is 12.4 Å². The van der Waals surface area contributed by atoms with Crippen LogP contribution in [0.4, 0.5) is 11.6 Å². The molecule has 2 N–H and O–H groups in total. The van der Waals surface area contributed by atoms with Gasteiger partial charge in [0.05, 0.1) is 7.11 Å². The molecule has 0 bridgehead atoms. The van der Waals surface area contributed by atoms with Crippen LogP contribution in [0.3, 0.4) is 0 Å². The van der Waals surface area contributed by atoms with Crippen molar-refractivity contribution in [2.75, 3.05) is 30.8 Å². The van der Waals surface area contributed by atoms with Gasteiger partial charge in [0.15, 0.2) is 5.82 Å². The Morgan fingerprint density at radius 3 is 2.73 bits per heavy atom. The third-order valence-electron chi connectivity index (χ3n) is 1.92. The first-order valence-electron chi connectivity index (χ1n) is 4.58. The van der Waals surface area contributed by atoms with E-state index in [4.69, 9.17) is 5.73 Å². The van der Waals surface area contributed by atoms with Gasteiger partial charge in [-0.2, -0.15) is 0 Å². The molecule has 0 unspecified atom stereocenters. The minimum Gasteiger partial charge on any atom is -0.468 e. The van der Waals surface area contributed by atoms with E-state index in [0.717, 1.165) is 0 Å². The van der Waals surface area contributed by atoms with E-state index >= 15 is 0 Å². The van der Waals surface area contributed by atoms with Crippen LogP contribution < -0.4 is 10.6 Å². The fourth-order valence-corrected chi connectivity index (χ4v) is 1.08. The molecule has 82 valence electrons. The van der Waals surface area contributed by atoms with Gasteiger partial charge in [-0.3, -0.25) is 4.79 Å². The van der Waals surface area contributed by atoms with E-state index in [1.807, 2.05) is 6.92 Å². The molecule has 1 rings (SSSR count). The van der Waals surface area contributed by atoms with E-state index in [1.54, 1.807) is 17.0 Å². The molecular formula is C9H14N4O2. The maximum absolute atomic E-state index is 11.1. The van der Waals surface area contributed by atoms with Crippen molar-refractivity contribution in [3.05, 3.63) is 12.1 Å². The summed E-state index contributed by atoms with van der Waals surface area (Å²) in [4.78, 5) is 12.8. The van der Waals surface area contributed by atoms with Crippen molar-refractivity contribution in [3.63, 3.8) is 0 Å². The second-order valence-electron chi connectivity index (χ2n) is 2.91. The lowest BCUT2D eigenvalue weighted by molar-refractivity contribution is -0.138. The highest BCUT2D eigenvalue weighted by Crippen LogP contribution is 2.09. The molecule has 0 radical (unpaired) electrons. The second kappa shape index (κ2) is 5.14. The van der Waals surface area contributed by atoms with Gasteiger partial charge in [-0.15, -0.1) is 10.2 Å². The van der Waals surface area contributed by atoms with Gasteiger partial charge in [0.2, 0.25) is 0 Å². The van der Waals surface area contributed by atoms with E-state index in [2.05, 4.69) is 14.9 Å². The fourth-order valence-electron chi connectivity index (χ4n) is 1.08. The monoisotopic (exact) mass is 210 g/mol. The first-order valence-corrected chi connectivity index (χ1v) is 4.58. The highest BCUT2D eigenvalue weighted by Gasteiger charge is 2.11. The van der Waals surface area contributed by atoms with Crippen LogP contribution >= 0.6 is 0 Å². The molecule has 0 fully saturated rings. The standard InChI is InChI=1S/C9H14N4O2/c1-3-13(6-9(14)15-2)8-5-4-7(10)11-12-8/h4-5H,3,6H2,1-2H3,(H2,10,11). The second-order valence-corrected chi connectivity index (χ2v) is 2.91. The molecule has 0 atom stereocenters. The number of rotatable bonds is 4. The summed E-state index contributed by atoms with van der Waals surface area (Å²) in [5.74, 6) is 0.653. The number of anilines is 2. The molecular weight excluding hydrogens is 196 g/mol. The molecule has 0 saturated carbocycles. The number of carbonyl (C=O) groups is 1. The van der Waals surface area contributed by atoms with Crippen molar-refractivity contribution in [1.29, 1.82) is 0 Å². The summed E-state index contributed by atoms with van der Waals surface area (Å²) in [6.07, 6.45) is 0. The van der Waals surface area contributed by atoms with Crippen LogP contribution in [0, 0.1) is 0 Å². The molecule has 0 aliphatic rings. The Bertz CT molecular complexity index is 325. The largest absolute Gasteiger partial charge is 0.468 e. The Morgan fingerprint density at radius 1 is 1.53 bits per heavy atom. The zero-order valence-electron chi connectivity index (χ0n) is 8.80. The van der Waals surface area contributed by atoms with E-state index in [1.165, 1.54) is 7.11 Å². The van der Waals surface area contributed by atoms with Crippen LogP contribution in [-0.2, 0) is 9.53 Å². The maximum Gasteiger partial charge on any atom is 0.325 e. The van der Waals surface area contributed by atoms with Crippen LogP contribution in [-0.4, -0.2) is 36.4 Å². The van der Waals surface area contributed by atoms with Crippen LogP contribution in [0.1, 0.15) is 6.92 Å². The third kappa shape index (κ3) is 3.08. The minimum atomic E-state index is -0.310. The van der Waals surface area contributed by atoms with Gasteiger partial charge < -0.3 is 15.4 Å². The maximum atomic E-state index is 11.1. The predicted octanol–water partition coefficient (Wildman–Crippen LogP) is 0.0581. The smallest absolute Gasteiger partial charge is 0.325 e. The highest BCUT2D eigenvalue weighted by atomic mass is 16.5. The molecule has 0 spiro atoms. The Kier molecular flexibility index (Phi) is 3.84. The van der Waals surface area contributed by atoms with Gasteiger partial charge in [-0.1, -0.05) is 0 Å². The molecule has 1 heterocycles. The topological polar surface area (TPSA) is 81.3 Å². The molecule has 0 saturated heterocycles. The van der Waals surface area contributed by atoms with E-state index in [9.17, 15) is 4.79 Å². The molecule has 15 heavy (non-hydrogen) atoms. The van der Waals surface area contributed by atoms with Crippen molar-refractivity contribution in [1.82, 2.24) is 10.2 Å². The Labute approximate surface area is 88.0 Å². The quantitative estimate of drug-likeness (QED) is 0.707. The van der Waals surface area contributed by atoms with Gasteiger partial charge in [0.25, 0.3) is 0 Å². The lowest BCUT2D eigenvalue weighted by atomic mass is 10.4. The lowest BCUT2D eigenvalue weighted by Gasteiger charge is -2.19. The summed E-state index contributed by atoms with van der Waals surface area (Å²) >= 11 is 0. The number of nitrogens with two attached hydrogens (primary N) is 1. The van der Waals surface area contributed by atoms with E-state index < -0.39 is 0 Å². The van der Waals surface area contributed by atoms with Gasteiger partial charge >= 0.3 is 5.97 Å². The van der Waals surface area contributed by atoms with E-state index in [0.29, 0.717) is 18.2 Å². The fraction of sp³-hybridized carbons (Fsp3) is 0.444.